The molecule has 3 amide bonds. The normalized spacial score (nSPS) is 18.2. The molecular formula is C36H44N6O2. The van der Waals surface area contributed by atoms with Crippen LogP contribution in [0.25, 0.3) is 10.9 Å². The van der Waals surface area contributed by atoms with E-state index in [1.807, 2.05) is 54.4 Å². The number of amides is 3. The Balaban J connectivity index is 1.17. The Morgan fingerprint density at radius 3 is 2.39 bits per heavy atom. The topological polar surface area (TPSA) is 83.7 Å². The predicted octanol–water partition coefficient (Wildman–Crippen LogP) is 5.62. The van der Waals surface area contributed by atoms with Gasteiger partial charge in [0.05, 0.1) is 0 Å². The van der Waals surface area contributed by atoms with Crippen molar-refractivity contribution in [2.24, 2.45) is 0 Å². The minimum Gasteiger partial charge on any atom is -0.361 e. The number of fused-ring (bicyclic) bond motifs is 1. The van der Waals surface area contributed by atoms with E-state index in [4.69, 9.17) is 0 Å². The molecule has 2 aliphatic rings. The Morgan fingerprint density at radius 1 is 0.886 bits per heavy atom. The summed E-state index contributed by atoms with van der Waals surface area (Å²) in [4.78, 5) is 37.7. The molecule has 8 heteroatoms. The highest BCUT2D eigenvalue weighted by Crippen LogP contribution is 2.30. The summed E-state index contributed by atoms with van der Waals surface area (Å²) in [6, 6.07) is 25.8. The molecule has 2 aliphatic heterocycles. The fraction of sp³-hybridized carbons (Fsp3) is 0.389. The first kappa shape index (κ1) is 29.9. The van der Waals surface area contributed by atoms with Crippen LogP contribution >= 0.6 is 0 Å². The van der Waals surface area contributed by atoms with E-state index >= 15 is 0 Å². The lowest BCUT2D eigenvalue weighted by Crippen LogP contribution is -2.53. The quantitative estimate of drug-likeness (QED) is 0.248. The third-order valence-corrected chi connectivity index (χ3v) is 9.42. The summed E-state index contributed by atoms with van der Waals surface area (Å²) < 4.78 is 0. The molecule has 4 aromatic rings. The van der Waals surface area contributed by atoms with Crippen LogP contribution in [0.5, 0.6) is 0 Å². The lowest BCUT2D eigenvalue weighted by atomic mass is 9.89. The third kappa shape index (κ3) is 6.98. The predicted molar refractivity (Wildman–Crippen MR) is 177 cm³/mol. The fourth-order valence-corrected chi connectivity index (χ4v) is 6.66. The van der Waals surface area contributed by atoms with E-state index in [1.165, 1.54) is 11.1 Å². The Kier molecular flexibility index (Phi) is 9.28. The standard InChI is InChI=1S/C36H44N6O2/c1-26(32-24-37-33-14-7-6-13-31(32)33)34(39-36(44)42-17-15-29(16-18-42)28-10-4-3-5-11-28)35(43)38-30-12-8-9-27(23-30)25-41-21-19-40(2)20-22-41/h3-14,23-24,26,29,34,37H,15-22,25H2,1-2H3,(H,38,43)(H,39,44)/t26-,34-/m1/s1. The SMILES string of the molecule is C[C@H](c1c[nH]c2ccccc12)[C@@H](NC(=O)N1CCC(c2ccccc2)CC1)C(=O)Nc1cccc(CN2CCN(C)CC2)c1. The number of urea groups is 1. The Bertz CT molecular complexity index is 1550. The minimum atomic E-state index is -0.755. The van der Waals surface area contributed by atoms with Crippen molar-refractivity contribution in [2.75, 3.05) is 51.6 Å². The van der Waals surface area contributed by atoms with Crippen molar-refractivity contribution in [3.8, 4) is 0 Å². The van der Waals surface area contributed by atoms with Gasteiger partial charge in [-0.15, -0.1) is 0 Å². The maximum absolute atomic E-state index is 14.0. The number of anilines is 1. The molecule has 0 bridgehead atoms. The number of likely N-dealkylation sites (N-methyl/N-ethyl adjacent to an activating group) is 1. The highest BCUT2D eigenvalue weighted by molar-refractivity contribution is 5.98. The van der Waals surface area contributed by atoms with Gasteiger partial charge in [0.25, 0.3) is 0 Å². The summed E-state index contributed by atoms with van der Waals surface area (Å²) in [6.45, 7) is 8.39. The second-order valence-electron chi connectivity index (χ2n) is 12.4. The van der Waals surface area contributed by atoms with Gasteiger partial charge >= 0.3 is 6.03 Å². The Labute approximate surface area is 260 Å². The van der Waals surface area contributed by atoms with E-state index in [2.05, 4.69) is 74.9 Å². The van der Waals surface area contributed by atoms with E-state index in [0.29, 0.717) is 19.0 Å². The maximum Gasteiger partial charge on any atom is 0.318 e. The van der Waals surface area contributed by atoms with Gasteiger partial charge in [-0.2, -0.15) is 0 Å². The van der Waals surface area contributed by atoms with Crippen molar-refractivity contribution in [1.82, 2.24) is 25.0 Å². The molecule has 230 valence electrons. The number of nitrogens with zero attached hydrogens (tertiary/aromatic N) is 3. The number of aromatic nitrogens is 1. The van der Waals surface area contributed by atoms with Crippen molar-refractivity contribution >= 4 is 28.5 Å². The van der Waals surface area contributed by atoms with Crippen LogP contribution < -0.4 is 10.6 Å². The number of piperidine rings is 1. The van der Waals surface area contributed by atoms with Crippen molar-refractivity contribution in [3.05, 3.63) is 102 Å². The average molecular weight is 593 g/mol. The highest BCUT2D eigenvalue weighted by atomic mass is 16.2. The van der Waals surface area contributed by atoms with Gasteiger partial charge in [0.15, 0.2) is 0 Å². The summed E-state index contributed by atoms with van der Waals surface area (Å²) in [5.74, 6) is -0.0276. The van der Waals surface area contributed by atoms with Crippen LogP contribution in [0, 0.1) is 0 Å². The van der Waals surface area contributed by atoms with Gasteiger partial charge in [-0.25, -0.2) is 4.79 Å². The van der Waals surface area contributed by atoms with E-state index < -0.39 is 6.04 Å². The van der Waals surface area contributed by atoms with Crippen LogP contribution in [0.15, 0.2) is 85.1 Å². The van der Waals surface area contributed by atoms with Crippen LogP contribution in [0.2, 0.25) is 0 Å². The second kappa shape index (κ2) is 13.7. The van der Waals surface area contributed by atoms with Crippen LogP contribution in [0.1, 0.15) is 48.3 Å². The monoisotopic (exact) mass is 592 g/mol. The number of benzene rings is 3. The van der Waals surface area contributed by atoms with Crippen LogP contribution in [0.4, 0.5) is 10.5 Å². The molecule has 0 unspecified atom stereocenters. The minimum absolute atomic E-state index is 0.188. The summed E-state index contributed by atoms with van der Waals surface area (Å²) in [5, 5.41) is 7.35. The lowest BCUT2D eigenvalue weighted by molar-refractivity contribution is -0.118. The number of hydrogen-bond acceptors (Lipinski definition) is 4. The summed E-state index contributed by atoms with van der Waals surface area (Å²) in [7, 11) is 2.16. The summed E-state index contributed by atoms with van der Waals surface area (Å²) >= 11 is 0. The number of rotatable bonds is 8. The fourth-order valence-electron chi connectivity index (χ4n) is 6.66. The molecule has 6 rings (SSSR count). The van der Waals surface area contributed by atoms with Crippen LogP contribution in [-0.2, 0) is 11.3 Å². The summed E-state index contributed by atoms with van der Waals surface area (Å²) in [5.41, 5.74) is 5.26. The Hall–Kier alpha value is -4.14. The zero-order chi connectivity index (χ0) is 30.5. The van der Waals surface area contributed by atoms with Gasteiger partial charge in [0.1, 0.15) is 6.04 Å². The number of para-hydroxylation sites is 1. The molecule has 0 radical (unpaired) electrons. The molecule has 3 heterocycles. The van der Waals surface area contributed by atoms with Gasteiger partial charge in [-0.1, -0.05) is 67.6 Å². The molecule has 3 aromatic carbocycles. The van der Waals surface area contributed by atoms with Crippen molar-refractivity contribution in [1.29, 1.82) is 0 Å². The average Bonchev–Trinajstić information content (AvgIpc) is 3.49. The number of H-pyrrole nitrogens is 1. The van der Waals surface area contributed by atoms with Crippen molar-refractivity contribution < 1.29 is 9.59 Å². The zero-order valence-electron chi connectivity index (χ0n) is 25.8. The molecule has 2 saturated heterocycles. The van der Waals surface area contributed by atoms with Gasteiger partial charge in [0, 0.05) is 74.5 Å². The van der Waals surface area contributed by atoms with Crippen LogP contribution in [0.3, 0.4) is 0 Å². The van der Waals surface area contributed by atoms with Crippen molar-refractivity contribution in [2.45, 2.75) is 44.2 Å². The highest BCUT2D eigenvalue weighted by Gasteiger charge is 2.32. The largest absolute Gasteiger partial charge is 0.361 e. The number of carbonyl (C=O) groups is 2. The summed E-state index contributed by atoms with van der Waals surface area (Å²) in [6.07, 6.45) is 3.78. The maximum atomic E-state index is 14.0. The van der Waals surface area contributed by atoms with Crippen molar-refractivity contribution in [3.63, 3.8) is 0 Å². The van der Waals surface area contributed by atoms with Gasteiger partial charge < -0.3 is 25.4 Å². The molecule has 2 fully saturated rings. The first-order valence-corrected chi connectivity index (χ1v) is 15.9. The molecule has 0 spiro atoms. The molecule has 2 atom stereocenters. The number of likely N-dealkylation sites (tertiary alicyclic amines) is 1. The number of aromatic amines is 1. The molecule has 3 N–H and O–H groups in total. The number of carbonyl (C=O) groups excluding carboxylic acids is 2. The first-order chi connectivity index (χ1) is 21.4. The van der Waals surface area contributed by atoms with E-state index in [-0.39, 0.29) is 17.9 Å². The van der Waals surface area contributed by atoms with E-state index in [9.17, 15) is 9.59 Å². The van der Waals surface area contributed by atoms with E-state index in [1.54, 1.807) is 0 Å². The second-order valence-corrected chi connectivity index (χ2v) is 12.4. The number of piperazine rings is 1. The molecule has 1 aromatic heterocycles. The number of nitrogens with one attached hydrogen (secondary N) is 3. The molecule has 0 saturated carbocycles. The van der Waals surface area contributed by atoms with Gasteiger partial charge in [0.2, 0.25) is 5.91 Å². The van der Waals surface area contributed by atoms with Crippen LogP contribution in [-0.4, -0.2) is 84.0 Å². The molecule has 8 nitrogen and oxygen atoms in total. The number of hydrogen-bond donors (Lipinski definition) is 3. The van der Waals surface area contributed by atoms with E-state index in [0.717, 1.165) is 67.7 Å². The first-order valence-electron chi connectivity index (χ1n) is 15.9. The van der Waals surface area contributed by atoms with Gasteiger partial charge in [-0.05, 0) is 60.7 Å². The smallest absolute Gasteiger partial charge is 0.318 e. The molecule has 0 aliphatic carbocycles. The lowest BCUT2D eigenvalue weighted by Gasteiger charge is -2.34. The molecular weight excluding hydrogens is 548 g/mol. The third-order valence-electron chi connectivity index (χ3n) is 9.42. The zero-order valence-corrected chi connectivity index (χ0v) is 25.8. The van der Waals surface area contributed by atoms with Gasteiger partial charge in [-0.3, -0.25) is 9.69 Å². The Morgan fingerprint density at radius 2 is 1.61 bits per heavy atom. The molecule has 44 heavy (non-hydrogen) atoms.